The van der Waals surface area contributed by atoms with E-state index in [2.05, 4.69) is 27.8 Å². The third-order valence-corrected chi connectivity index (χ3v) is 5.30. The Kier molecular flexibility index (Phi) is 9.79. The second-order valence-electron chi connectivity index (χ2n) is 6.25. The van der Waals surface area contributed by atoms with Gasteiger partial charge in [-0.05, 0) is 53.0 Å². The summed E-state index contributed by atoms with van der Waals surface area (Å²) in [6, 6.07) is 4.08. The highest BCUT2D eigenvalue weighted by Crippen LogP contribution is 2.29. The number of carbonyl (C=O) groups excluding carboxylic acids is 1. The van der Waals surface area contributed by atoms with Crippen molar-refractivity contribution in [3.63, 3.8) is 0 Å². The number of esters is 1. The monoisotopic (exact) mass is 434 g/mol. The average molecular weight is 436 g/mol. The summed E-state index contributed by atoms with van der Waals surface area (Å²) in [5.74, 6) is -0.438. The summed E-state index contributed by atoms with van der Waals surface area (Å²) in [6.45, 7) is 3.67. The van der Waals surface area contributed by atoms with Crippen LogP contribution in [0.5, 0.6) is 0 Å². The Morgan fingerprint density at radius 1 is 1.36 bits per heavy atom. The molecule has 0 unspecified atom stereocenters. The Morgan fingerprint density at radius 2 is 2.04 bits per heavy atom. The lowest BCUT2D eigenvalue weighted by atomic mass is 9.93. The third kappa shape index (κ3) is 6.13. The predicted octanol–water partition coefficient (Wildman–Crippen LogP) is 3.76. The number of nitrogen functional groups attached to an aromatic ring is 1. The molecule has 1 aromatic rings. The van der Waals surface area contributed by atoms with Gasteiger partial charge >= 0.3 is 5.97 Å². The summed E-state index contributed by atoms with van der Waals surface area (Å²) in [6.07, 6.45) is 6.36. The van der Waals surface area contributed by atoms with Crippen molar-refractivity contribution in [2.45, 2.75) is 51.6 Å². The fraction of sp³-hybridized carbons (Fsp3) is 0.611. The van der Waals surface area contributed by atoms with Gasteiger partial charge in [-0.1, -0.05) is 26.2 Å². The smallest absolute Gasteiger partial charge is 0.338 e. The quantitative estimate of drug-likeness (QED) is 0.504. The summed E-state index contributed by atoms with van der Waals surface area (Å²) < 4.78 is 5.71. The number of aliphatic hydroxyl groups excluding tert-OH is 1. The Hall–Kier alpha value is -0.820. The van der Waals surface area contributed by atoms with E-state index in [0.717, 1.165) is 18.7 Å². The molecule has 1 aromatic carbocycles. The van der Waals surface area contributed by atoms with Gasteiger partial charge in [0.05, 0.1) is 17.9 Å². The van der Waals surface area contributed by atoms with E-state index in [1.54, 1.807) is 6.07 Å². The van der Waals surface area contributed by atoms with Crippen LogP contribution in [0.1, 0.15) is 54.9 Å². The summed E-state index contributed by atoms with van der Waals surface area (Å²) in [5.41, 5.74) is 8.28. The van der Waals surface area contributed by atoms with Gasteiger partial charge in [-0.3, -0.25) is 4.90 Å². The van der Waals surface area contributed by atoms with E-state index in [1.807, 2.05) is 6.07 Å². The van der Waals surface area contributed by atoms with Crippen LogP contribution in [0.25, 0.3) is 0 Å². The molecule has 1 saturated carbocycles. The second-order valence-corrected chi connectivity index (χ2v) is 7.10. The number of anilines is 1. The predicted molar refractivity (Wildman–Crippen MR) is 106 cm³/mol. The van der Waals surface area contributed by atoms with Crippen molar-refractivity contribution in [1.29, 1.82) is 0 Å². The van der Waals surface area contributed by atoms with Crippen LogP contribution in [0.4, 0.5) is 5.69 Å². The molecule has 0 aromatic heterocycles. The highest BCUT2D eigenvalue weighted by atomic mass is 79.9. The maximum atomic E-state index is 12.1. The molecule has 0 amide bonds. The minimum atomic E-state index is -0.438. The molecule has 1 aliphatic rings. The molecule has 0 radical (unpaired) electrons. The molecular formula is C18H28BrClN2O3. The fourth-order valence-electron chi connectivity index (χ4n) is 3.31. The Balaban J connectivity index is 0.00000312. The normalized spacial score (nSPS) is 15.0. The van der Waals surface area contributed by atoms with Gasteiger partial charge < -0.3 is 15.6 Å². The number of hydrogen-bond donors (Lipinski definition) is 2. The molecule has 5 nitrogen and oxygen atoms in total. The molecule has 1 aliphatic carbocycles. The first kappa shape index (κ1) is 22.2. The highest BCUT2D eigenvalue weighted by Gasteiger charge is 2.22. The molecule has 0 bridgehead atoms. The van der Waals surface area contributed by atoms with Crippen LogP contribution >= 0.6 is 28.3 Å². The van der Waals surface area contributed by atoms with E-state index < -0.39 is 5.97 Å². The van der Waals surface area contributed by atoms with Crippen molar-refractivity contribution in [3.8, 4) is 0 Å². The number of aliphatic hydroxyl groups is 1. The molecule has 0 spiro atoms. The summed E-state index contributed by atoms with van der Waals surface area (Å²) in [7, 11) is 0. The number of ether oxygens (including phenoxy) is 1. The molecule has 0 heterocycles. The standard InChI is InChI=1S/C18H27BrN2O3.ClH/c1-2-21(15-6-4-3-5-7-15)12-14-10-13(11-16(19)17(14)20)18(23)24-9-8-22;/h10-11,15,22H,2-9,12,20H2,1H3;1H. The number of rotatable bonds is 7. The van der Waals surface area contributed by atoms with Gasteiger partial charge in [-0.15, -0.1) is 12.4 Å². The first-order valence-corrected chi connectivity index (χ1v) is 9.46. The SMILES string of the molecule is CCN(Cc1cc(C(=O)OCCO)cc(Br)c1N)C1CCCCC1.Cl. The van der Waals surface area contributed by atoms with Crippen LogP contribution in [0, 0.1) is 0 Å². The summed E-state index contributed by atoms with van der Waals surface area (Å²) in [5, 5.41) is 8.80. The van der Waals surface area contributed by atoms with Crippen molar-refractivity contribution in [3.05, 3.63) is 27.7 Å². The molecule has 7 heteroatoms. The molecule has 3 N–H and O–H groups in total. The van der Waals surface area contributed by atoms with Crippen molar-refractivity contribution < 1.29 is 14.6 Å². The van der Waals surface area contributed by atoms with E-state index in [1.165, 1.54) is 32.1 Å². The number of benzene rings is 1. The number of carbonyl (C=O) groups is 1. The minimum absolute atomic E-state index is 0. The van der Waals surface area contributed by atoms with Crippen molar-refractivity contribution in [1.82, 2.24) is 4.90 Å². The van der Waals surface area contributed by atoms with Gasteiger partial charge in [-0.25, -0.2) is 4.79 Å². The molecule has 1 fully saturated rings. The number of hydrogen-bond acceptors (Lipinski definition) is 5. The average Bonchev–Trinajstić information content (AvgIpc) is 2.61. The van der Waals surface area contributed by atoms with E-state index in [0.29, 0.717) is 21.8 Å². The van der Waals surface area contributed by atoms with Gasteiger partial charge in [0.1, 0.15) is 6.61 Å². The van der Waals surface area contributed by atoms with Crippen LogP contribution in [0.15, 0.2) is 16.6 Å². The molecular weight excluding hydrogens is 408 g/mol. The van der Waals surface area contributed by atoms with Crippen molar-refractivity contribution >= 4 is 40.0 Å². The Morgan fingerprint density at radius 3 is 2.64 bits per heavy atom. The van der Waals surface area contributed by atoms with Crippen LogP contribution < -0.4 is 5.73 Å². The lowest BCUT2D eigenvalue weighted by Crippen LogP contribution is -2.36. The zero-order chi connectivity index (χ0) is 17.5. The number of nitrogens with two attached hydrogens (primary N) is 1. The summed E-state index contributed by atoms with van der Waals surface area (Å²) >= 11 is 3.44. The Labute approximate surface area is 164 Å². The number of halogens is 2. The lowest BCUT2D eigenvalue weighted by molar-refractivity contribution is 0.0433. The maximum Gasteiger partial charge on any atom is 0.338 e. The molecule has 25 heavy (non-hydrogen) atoms. The Bertz CT molecular complexity index is 565. The molecule has 0 atom stereocenters. The first-order chi connectivity index (χ1) is 11.6. The van der Waals surface area contributed by atoms with Crippen LogP contribution in [-0.2, 0) is 11.3 Å². The molecule has 142 valence electrons. The van der Waals surface area contributed by atoms with Gasteiger partial charge in [0.2, 0.25) is 0 Å². The minimum Gasteiger partial charge on any atom is -0.460 e. The zero-order valence-corrected chi connectivity index (χ0v) is 17.1. The van der Waals surface area contributed by atoms with E-state index in [4.69, 9.17) is 15.6 Å². The third-order valence-electron chi connectivity index (χ3n) is 4.65. The number of nitrogens with zero attached hydrogens (tertiary/aromatic N) is 1. The van der Waals surface area contributed by atoms with Crippen molar-refractivity contribution in [2.24, 2.45) is 0 Å². The van der Waals surface area contributed by atoms with Gasteiger partial charge in [0.15, 0.2) is 0 Å². The van der Waals surface area contributed by atoms with E-state index in [9.17, 15) is 4.79 Å². The van der Waals surface area contributed by atoms with Crippen LogP contribution in [-0.4, -0.2) is 41.8 Å². The molecule has 0 saturated heterocycles. The first-order valence-electron chi connectivity index (χ1n) is 8.66. The topological polar surface area (TPSA) is 75.8 Å². The maximum absolute atomic E-state index is 12.1. The lowest BCUT2D eigenvalue weighted by Gasteiger charge is -2.34. The van der Waals surface area contributed by atoms with Gasteiger partial charge in [-0.2, -0.15) is 0 Å². The van der Waals surface area contributed by atoms with Crippen LogP contribution in [0.3, 0.4) is 0 Å². The zero-order valence-electron chi connectivity index (χ0n) is 14.7. The van der Waals surface area contributed by atoms with Crippen molar-refractivity contribution in [2.75, 3.05) is 25.5 Å². The fourth-order valence-corrected chi connectivity index (χ4v) is 3.81. The molecule has 0 aliphatic heterocycles. The largest absolute Gasteiger partial charge is 0.460 e. The molecule has 2 rings (SSSR count). The van der Waals surface area contributed by atoms with Gasteiger partial charge in [0.25, 0.3) is 0 Å². The van der Waals surface area contributed by atoms with Gasteiger partial charge in [0, 0.05) is 17.1 Å². The second kappa shape index (κ2) is 11.0. The van der Waals surface area contributed by atoms with E-state index in [-0.39, 0.29) is 25.6 Å². The van der Waals surface area contributed by atoms with E-state index >= 15 is 0 Å². The summed E-state index contributed by atoms with van der Waals surface area (Å²) in [4.78, 5) is 14.5. The highest BCUT2D eigenvalue weighted by molar-refractivity contribution is 9.10. The van der Waals surface area contributed by atoms with Crippen LogP contribution in [0.2, 0.25) is 0 Å².